The lowest BCUT2D eigenvalue weighted by Crippen LogP contribution is -2.19. The number of hydrogen-bond acceptors (Lipinski definition) is 6. The van der Waals surface area contributed by atoms with Crippen LogP contribution in [0, 0.1) is 10.1 Å². The molecule has 0 fully saturated rings. The van der Waals surface area contributed by atoms with Crippen molar-refractivity contribution in [1.29, 1.82) is 0 Å². The number of aromatic nitrogens is 3. The third-order valence-electron chi connectivity index (χ3n) is 2.81. The van der Waals surface area contributed by atoms with Crippen LogP contribution in [0.5, 0.6) is 0 Å². The van der Waals surface area contributed by atoms with E-state index in [2.05, 4.69) is 10.2 Å². The van der Waals surface area contributed by atoms with E-state index < -0.39 is 4.92 Å². The van der Waals surface area contributed by atoms with E-state index in [4.69, 9.17) is 0 Å². The molecule has 0 unspecified atom stereocenters. The lowest BCUT2D eigenvalue weighted by molar-refractivity contribution is -0.385. The number of aliphatic hydroxyl groups excluding tert-OH is 1. The Kier molecular flexibility index (Phi) is 4.43. The van der Waals surface area contributed by atoms with Crippen molar-refractivity contribution >= 4 is 17.4 Å². The van der Waals surface area contributed by atoms with E-state index in [-0.39, 0.29) is 24.0 Å². The molecule has 1 heterocycles. The molecule has 1 aromatic carbocycles. The zero-order valence-corrected chi connectivity index (χ0v) is 12.3. The summed E-state index contributed by atoms with van der Waals surface area (Å²) in [7, 11) is 0. The number of nitrogens with one attached hydrogen (secondary N) is 1. The van der Waals surface area contributed by atoms with Crippen LogP contribution in [0.1, 0.15) is 25.5 Å². The lowest BCUT2D eigenvalue weighted by atomic mass is 10.2. The van der Waals surface area contributed by atoms with Crippen LogP contribution in [0.15, 0.2) is 33.0 Å². The van der Waals surface area contributed by atoms with Crippen LogP contribution in [0.25, 0.3) is 0 Å². The molecule has 0 aliphatic heterocycles. The zero-order chi connectivity index (χ0) is 15.6. The second-order valence-electron chi connectivity index (χ2n) is 4.58. The number of non-ortho nitro benzene ring substituents is 1. The first-order chi connectivity index (χ1) is 9.93. The largest absolute Gasteiger partial charge is 0.392 e. The lowest BCUT2D eigenvalue weighted by Gasteiger charge is -2.10. The van der Waals surface area contributed by atoms with Gasteiger partial charge in [0.05, 0.1) is 11.5 Å². The van der Waals surface area contributed by atoms with Crippen LogP contribution >= 0.6 is 11.8 Å². The molecule has 0 amide bonds. The van der Waals surface area contributed by atoms with Crippen molar-refractivity contribution in [2.45, 2.75) is 36.5 Å². The molecule has 0 bridgehead atoms. The summed E-state index contributed by atoms with van der Waals surface area (Å²) < 4.78 is 1.48. The predicted octanol–water partition coefficient (Wildman–Crippen LogP) is 1.70. The Labute approximate surface area is 124 Å². The number of benzene rings is 1. The van der Waals surface area contributed by atoms with Crippen LogP contribution in [-0.4, -0.2) is 24.8 Å². The molecule has 0 saturated carbocycles. The average molecular weight is 310 g/mol. The minimum atomic E-state index is -0.522. The highest BCUT2D eigenvalue weighted by molar-refractivity contribution is 7.99. The minimum Gasteiger partial charge on any atom is -0.392 e. The van der Waals surface area contributed by atoms with E-state index in [1.165, 1.54) is 34.5 Å². The molecule has 0 atom stereocenters. The first-order valence-electron chi connectivity index (χ1n) is 6.17. The summed E-state index contributed by atoms with van der Waals surface area (Å²) in [6.07, 6.45) is 0. The van der Waals surface area contributed by atoms with E-state index in [0.29, 0.717) is 15.6 Å². The predicted molar refractivity (Wildman–Crippen MR) is 76.4 cm³/mol. The van der Waals surface area contributed by atoms with E-state index in [9.17, 15) is 20.0 Å². The van der Waals surface area contributed by atoms with Gasteiger partial charge in [-0.2, -0.15) is 0 Å². The molecule has 0 saturated heterocycles. The molecule has 8 nitrogen and oxygen atoms in total. The topological polar surface area (TPSA) is 114 Å². The molecular weight excluding hydrogens is 296 g/mol. The Morgan fingerprint density at radius 3 is 2.81 bits per heavy atom. The quantitative estimate of drug-likeness (QED) is 0.642. The Morgan fingerprint density at radius 2 is 2.24 bits per heavy atom. The van der Waals surface area contributed by atoms with Gasteiger partial charge in [-0.05, 0) is 37.2 Å². The smallest absolute Gasteiger partial charge is 0.344 e. The maximum absolute atomic E-state index is 11.7. The van der Waals surface area contributed by atoms with Crippen LogP contribution in [0.3, 0.4) is 0 Å². The fourth-order valence-electron chi connectivity index (χ4n) is 1.82. The SMILES string of the molecule is CC(C)n1c(Sc2ccc([N+](=O)[O-])cc2CO)n[nH]c1=O. The van der Waals surface area contributed by atoms with Gasteiger partial charge in [-0.3, -0.25) is 14.7 Å². The second-order valence-corrected chi connectivity index (χ2v) is 5.59. The van der Waals surface area contributed by atoms with E-state index in [1.807, 2.05) is 13.8 Å². The summed E-state index contributed by atoms with van der Waals surface area (Å²) in [4.78, 5) is 22.5. The van der Waals surface area contributed by atoms with Gasteiger partial charge in [0.1, 0.15) is 0 Å². The maximum Gasteiger partial charge on any atom is 0.344 e. The molecule has 1 aromatic heterocycles. The molecule has 0 radical (unpaired) electrons. The number of nitro groups is 1. The van der Waals surface area contributed by atoms with Crippen molar-refractivity contribution in [3.63, 3.8) is 0 Å². The number of H-pyrrole nitrogens is 1. The maximum atomic E-state index is 11.7. The monoisotopic (exact) mass is 310 g/mol. The average Bonchev–Trinajstić information content (AvgIpc) is 2.80. The van der Waals surface area contributed by atoms with Gasteiger partial charge in [0.2, 0.25) is 0 Å². The first-order valence-corrected chi connectivity index (χ1v) is 6.98. The highest BCUT2D eigenvalue weighted by Crippen LogP contribution is 2.31. The van der Waals surface area contributed by atoms with Gasteiger partial charge in [0.25, 0.3) is 5.69 Å². The van der Waals surface area contributed by atoms with Crippen molar-refractivity contribution < 1.29 is 10.0 Å². The Bertz CT molecular complexity index is 722. The van der Waals surface area contributed by atoms with Crippen LogP contribution < -0.4 is 5.69 Å². The summed E-state index contributed by atoms with van der Waals surface area (Å²) in [6.45, 7) is 3.37. The highest BCUT2D eigenvalue weighted by Gasteiger charge is 2.16. The van der Waals surface area contributed by atoms with Crippen molar-refractivity contribution in [2.75, 3.05) is 0 Å². The summed E-state index contributed by atoms with van der Waals surface area (Å²) in [5.41, 5.74) is 0.00610. The summed E-state index contributed by atoms with van der Waals surface area (Å²) in [6, 6.07) is 4.13. The second kappa shape index (κ2) is 6.10. The van der Waals surface area contributed by atoms with Gasteiger partial charge in [0, 0.05) is 23.1 Å². The Morgan fingerprint density at radius 1 is 1.52 bits per heavy atom. The molecule has 0 spiro atoms. The number of aromatic amines is 1. The Hall–Kier alpha value is -2.13. The summed E-state index contributed by atoms with van der Waals surface area (Å²) in [5, 5.41) is 26.8. The number of hydrogen-bond donors (Lipinski definition) is 2. The summed E-state index contributed by atoms with van der Waals surface area (Å²) in [5.74, 6) is 0. The van der Waals surface area contributed by atoms with Crippen LogP contribution in [0.2, 0.25) is 0 Å². The van der Waals surface area contributed by atoms with E-state index in [0.717, 1.165) is 0 Å². The zero-order valence-electron chi connectivity index (χ0n) is 11.4. The standard InChI is InChI=1S/C12H14N4O4S/c1-7(2)15-11(18)13-14-12(15)21-10-4-3-9(16(19)20)5-8(10)6-17/h3-5,7,17H,6H2,1-2H3,(H,13,18). The highest BCUT2D eigenvalue weighted by atomic mass is 32.2. The van der Waals surface area contributed by atoms with Crippen molar-refractivity contribution in [2.24, 2.45) is 0 Å². The van der Waals surface area contributed by atoms with Crippen LogP contribution in [0.4, 0.5) is 5.69 Å². The molecular formula is C12H14N4O4S. The molecule has 0 aliphatic rings. The third kappa shape index (κ3) is 3.14. The van der Waals surface area contributed by atoms with Gasteiger partial charge >= 0.3 is 5.69 Å². The van der Waals surface area contributed by atoms with Gasteiger partial charge in [0.15, 0.2) is 5.16 Å². The molecule has 112 valence electrons. The first kappa shape index (κ1) is 15.3. The van der Waals surface area contributed by atoms with E-state index in [1.54, 1.807) is 0 Å². The molecule has 21 heavy (non-hydrogen) atoms. The van der Waals surface area contributed by atoms with Gasteiger partial charge in [-0.15, -0.1) is 5.10 Å². The summed E-state index contributed by atoms with van der Waals surface area (Å²) >= 11 is 1.17. The van der Waals surface area contributed by atoms with Crippen LogP contribution in [-0.2, 0) is 6.61 Å². The Balaban J connectivity index is 2.40. The van der Waals surface area contributed by atoms with E-state index >= 15 is 0 Å². The van der Waals surface area contributed by atoms with Crippen molar-refractivity contribution in [1.82, 2.24) is 14.8 Å². The number of nitrogens with zero attached hydrogens (tertiary/aromatic N) is 3. The van der Waals surface area contributed by atoms with Gasteiger partial charge in [-0.25, -0.2) is 9.89 Å². The number of rotatable bonds is 5. The molecule has 9 heteroatoms. The molecule has 2 N–H and O–H groups in total. The van der Waals surface area contributed by atoms with Crippen molar-refractivity contribution in [3.05, 3.63) is 44.4 Å². The third-order valence-corrected chi connectivity index (χ3v) is 3.90. The fraction of sp³-hybridized carbons (Fsp3) is 0.333. The number of aliphatic hydroxyl groups is 1. The molecule has 2 rings (SSSR count). The van der Waals surface area contributed by atoms with Gasteiger partial charge < -0.3 is 5.11 Å². The van der Waals surface area contributed by atoms with Gasteiger partial charge in [-0.1, -0.05) is 0 Å². The minimum absolute atomic E-state index is 0.0747. The molecule has 2 aromatic rings. The number of nitro benzene ring substituents is 1. The normalized spacial score (nSPS) is 11.0. The van der Waals surface area contributed by atoms with Crippen molar-refractivity contribution in [3.8, 4) is 0 Å². The fourth-order valence-corrected chi connectivity index (χ4v) is 2.89. The molecule has 0 aliphatic carbocycles.